The van der Waals surface area contributed by atoms with Crippen molar-refractivity contribution in [2.75, 3.05) is 38.1 Å². The predicted molar refractivity (Wildman–Crippen MR) is 84.3 cm³/mol. The molecule has 0 atom stereocenters. The number of rotatable bonds is 1. The molecule has 0 saturated carbocycles. The van der Waals surface area contributed by atoms with E-state index in [4.69, 9.17) is 23.2 Å². The van der Waals surface area contributed by atoms with E-state index in [9.17, 15) is 13.2 Å². The largest absolute Gasteiger partial charge is 0.417 e. The van der Waals surface area contributed by atoms with Crippen LogP contribution in [0.2, 0.25) is 10.2 Å². The molecule has 2 aromatic rings. The van der Waals surface area contributed by atoms with Crippen LogP contribution in [0.1, 0.15) is 5.56 Å². The number of hydrogen-bond donors (Lipinski definition) is 0. The second-order valence-electron chi connectivity index (χ2n) is 5.45. The van der Waals surface area contributed by atoms with Gasteiger partial charge in [-0.3, -0.25) is 0 Å². The number of benzene rings is 1. The maximum absolute atomic E-state index is 13.0. The van der Waals surface area contributed by atoms with Gasteiger partial charge in [-0.15, -0.1) is 0 Å². The van der Waals surface area contributed by atoms with Gasteiger partial charge in [-0.2, -0.15) is 13.2 Å². The topological polar surface area (TPSA) is 32.3 Å². The summed E-state index contributed by atoms with van der Waals surface area (Å²) in [4.78, 5) is 12.5. The number of alkyl halides is 3. The molecule has 9 heteroatoms. The van der Waals surface area contributed by atoms with Crippen molar-refractivity contribution >= 4 is 40.1 Å². The summed E-state index contributed by atoms with van der Waals surface area (Å²) in [6.07, 6.45) is -4.54. The Morgan fingerprint density at radius 2 is 1.61 bits per heavy atom. The fourth-order valence-electron chi connectivity index (χ4n) is 2.48. The molecule has 1 aromatic carbocycles. The summed E-state index contributed by atoms with van der Waals surface area (Å²) in [6.45, 7) is 3.03. The zero-order valence-electron chi connectivity index (χ0n) is 12.2. The molecule has 2 heterocycles. The van der Waals surface area contributed by atoms with Crippen LogP contribution in [0.25, 0.3) is 11.0 Å². The van der Waals surface area contributed by atoms with Crippen LogP contribution in [0.3, 0.4) is 0 Å². The van der Waals surface area contributed by atoms with E-state index < -0.39 is 16.8 Å². The molecule has 1 fully saturated rings. The van der Waals surface area contributed by atoms with Gasteiger partial charge < -0.3 is 9.80 Å². The summed E-state index contributed by atoms with van der Waals surface area (Å²) in [5.41, 5.74) is -0.557. The van der Waals surface area contributed by atoms with Crippen molar-refractivity contribution in [1.29, 1.82) is 0 Å². The minimum atomic E-state index is -4.54. The zero-order chi connectivity index (χ0) is 16.8. The van der Waals surface area contributed by atoms with E-state index >= 15 is 0 Å². The second kappa shape index (κ2) is 5.96. The number of piperazine rings is 1. The number of likely N-dealkylation sites (N-methyl/N-ethyl adjacent to an activating group) is 1. The average molecular weight is 365 g/mol. The van der Waals surface area contributed by atoms with Crippen molar-refractivity contribution < 1.29 is 13.2 Å². The van der Waals surface area contributed by atoms with Crippen molar-refractivity contribution in [2.24, 2.45) is 0 Å². The SMILES string of the molecule is CN1CCN(c2nc3cc(C(F)(F)F)c(Cl)cc3nc2Cl)CC1. The summed E-state index contributed by atoms with van der Waals surface area (Å²) in [6, 6.07) is 2.06. The lowest BCUT2D eigenvalue weighted by molar-refractivity contribution is -0.137. The van der Waals surface area contributed by atoms with Gasteiger partial charge in [0.25, 0.3) is 0 Å². The highest BCUT2D eigenvalue weighted by Crippen LogP contribution is 2.37. The number of hydrogen-bond acceptors (Lipinski definition) is 4. The lowest BCUT2D eigenvalue weighted by Crippen LogP contribution is -2.45. The van der Waals surface area contributed by atoms with Crippen molar-refractivity contribution in [3.8, 4) is 0 Å². The molecule has 0 unspecified atom stereocenters. The molecular formula is C14H13Cl2F3N4. The molecule has 3 rings (SSSR count). The monoisotopic (exact) mass is 364 g/mol. The average Bonchev–Trinajstić information content (AvgIpc) is 2.46. The van der Waals surface area contributed by atoms with Crippen LogP contribution in [-0.2, 0) is 6.18 Å². The quantitative estimate of drug-likeness (QED) is 0.772. The molecule has 0 amide bonds. The van der Waals surface area contributed by atoms with Crippen molar-refractivity contribution in [3.05, 3.63) is 27.9 Å². The van der Waals surface area contributed by atoms with Gasteiger partial charge in [0, 0.05) is 26.2 Å². The second-order valence-corrected chi connectivity index (χ2v) is 6.21. The third-order valence-electron chi connectivity index (χ3n) is 3.80. The lowest BCUT2D eigenvalue weighted by atomic mass is 10.2. The van der Waals surface area contributed by atoms with Crippen LogP contribution in [0.15, 0.2) is 12.1 Å². The molecule has 0 radical (unpaired) electrons. The highest BCUT2D eigenvalue weighted by Gasteiger charge is 2.34. The smallest absolute Gasteiger partial charge is 0.351 e. The Hall–Kier alpha value is -1.31. The van der Waals surface area contributed by atoms with E-state index in [-0.39, 0.29) is 16.2 Å². The van der Waals surface area contributed by atoms with Crippen molar-refractivity contribution in [1.82, 2.24) is 14.9 Å². The molecule has 1 aliphatic heterocycles. The molecule has 1 aliphatic rings. The minimum absolute atomic E-state index is 0.125. The van der Waals surface area contributed by atoms with Crippen LogP contribution in [0.4, 0.5) is 19.0 Å². The fourth-order valence-corrected chi connectivity index (χ4v) is 3.00. The molecule has 1 aromatic heterocycles. The van der Waals surface area contributed by atoms with Crippen molar-refractivity contribution in [3.63, 3.8) is 0 Å². The fraction of sp³-hybridized carbons (Fsp3) is 0.429. The Morgan fingerprint density at radius 1 is 1.00 bits per heavy atom. The van der Waals surface area contributed by atoms with E-state index in [1.165, 1.54) is 0 Å². The van der Waals surface area contributed by atoms with Crippen LogP contribution >= 0.6 is 23.2 Å². The van der Waals surface area contributed by atoms with Gasteiger partial charge in [-0.05, 0) is 19.2 Å². The first-order chi connectivity index (χ1) is 10.8. The summed E-state index contributed by atoms with van der Waals surface area (Å²) in [7, 11) is 2.00. The van der Waals surface area contributed by atoms with Crippen LogP contribution in [-0.4, -0.2) is 48.1 Å². The Labute approximate surface area is 140 Å². The van der Waals surface area contributed by atoms with E-state index in [1.54, 1.807) is 0 Å². The van der Waals surface area contributed by atoms with E-state index in [0.29, 0.717) is 18.9 Å². The first-order valence-corrected chi connectivity index (χ1v) is 7.69. The summed E-state index contributed by atoms with van der Waals surface area (Å²) in [5.74, 6) is 0.405. The van der Waals surface area contributed by atoms with Crippen LogP contribution in [0.5, 0.6) is 0 Å². The molecule has 0 spiro atoms. The first kappa shape index (κ1) is 16.5. The van der Waals surface area contributed by atoms with Gasteiger partial charge in [-0.25, -0.2) is 9.97 Å². The standard InChI is InChI=1S/C14H13Cl2F3N4/c1-22-2-4-23(5-3-22)13-12(16)20-11-7-9(15)8(14(17,18)19)6-10(11)21-13/h6-7H,2-5H2,1H3. The summed E-state index contributed by atoms with van der Waals surface area (Å²) < 4.78 is 38.9. The minimum Gasteiger partial charge on any atom is -0.351 e. The zero-order valence-corrected chi connectivity index (χ0v) is 13.7. The van der Waals surface area contributed by atoms with E-state index in [0.717, 1.165) is 25.2 Å². The van der Waals surface area contributed by atoms with Crippen molar-refractivity contribution in [2.45, 2.75) is 6.18 Å². The number of aromatic nitrogens is 2. The summed E-state index contributed by atoms with van der Waals surface area (Å²) in [5, 5.41) is -0.249. The highest BCUT2D eigenvalue weighted by atomic mass is 35.5. The van der Waals surface area contributed by atoms with Gasteiger partial charge in [0.05, 0.1) is 21.6 Å². The Kier molecular flexibility index (Phi) is 4.29. The normalized spacial score (nSPS) is 17.0. The maximum Gasteiger partial charge on any atom is 0.417 e. The maximum atomic E-state index is 13.0. The number of fused-ring (bicyclic) bond motifs is 1. The van der Waals surface area contributed by atoms with E-state index in [1.807, 2.05) is 11.9 Å². The summed E-state index contributed by atoms with van der Waals surface area (Å²) >= 11 is 11.9. The third-order valence-corrected chi connectivity index (χ3v) is 4.37. The van der Waals surface area contributed by atoms with Gasteiger partial charge in [0.1, 0.15) is 0 Å². The lowest BCUT2D eigenvalue weighted by Gasteiger charge is -2.33. The predicted octanol–water partition coefficient (Wildman–Crippen LogP) is 3.71. The third kappa shape index (κ3) is 3.32. The number of halogens is 5. The Bertz CT molecular complexity index is 743. The molecule has 124 valence electrons. The van der Waals surface area contributed by atoms with Gasteiger partial charge in [-0.1, -0.05) is 23.2 Å². The Balaban J connectivity index is 2.07. The van der Waals surface area contributed by atoms with Gasteiger partial charge in [0.15, 0.2) is 11.0 Å². The van der Waals surface area contributed by atoms with E-state index in [2.05, 4.69) is 14.9 Å². The highest BCUT2D eigenvalue weighted by molar-refractivity contribution is 6.33. The number of anilines is 1. The molecule has 1 saturated heterocycles. The molecule has 4 nitrogen and oxygen atoms in total. The molecule has 23 heavy (non-hydrogen) atoms. The molecule has 0 N–H and O–H groups in total. The molecule has 0 aliphatic carbocycles. The Morgan fingerprint density at radius 3 is 2.22 bits per heavy atom. The van der Waals surface area contributed by atoms with Gasteiger partial charge >= 0.3 is 6.18 Å². The first-order valence-electron chi connectivity index (χ1n) is 6.93. The molecule has 0 bridgehead atoms. The van der Waals surface area contributed by atoms with Gasteiger partial charge in [0.2, 0.25) is 0 Å². The van der Waals surface area contributed by atoms with Crippen LogP contribution < -0.4 is 4.90 Å². The number of nitrogens with zero attached hydrogens (tertiary/aromatic N) is 4. The molecular weight excluding hydrogens is 352 g/mol. The van der Waals surface area contributed by atoms with Crippen LogP contribution in [0, 0.1) is 0 Å².